The van der Waals surface area contributed by atoms with Gasteiger partial charge in [-0.15, -0.1) is 0 Å². The highest BCUT2D eigenvalue weighted by molar-refractivity contribution is 6.30. The average molecular weight is 210 g/mol. The highest BCUT2D eigenvalue weighted by Gasteiger charge is 1.96. The molecule has 1 aromatic carbocycles. The highest BCUT2D eigenvalue weighted by Crippen LogP contribution is 2.17. The minimum absolute atomic E-state index is 0.613. The molecule has 76 valence electrons. The SMILES string of the molecule is CC/C(=C/c1cc(C)cc(Cl)c1)CN. The molecule has 14 heavy (non-hydrogen) atoms. The van der Waals surface area contributed by atoms with Gasteiger partial charge in [0.1, 0.15) is 0 Å². The normalized spacial score (nSPS) is 11.9. The first-order valence-electron chi connectivity index (χ1n) is 4.82. The maximum absolute atomic E-state index is 5.96. The molecular weight excluding hydrogens is 194 g/mol. The summed E-state index contributed by atoms with van der Waals surface area (Å²) in [5.41, 5.74) is 9.16. The van der Waals surface area contributed by atoms with E-state index < -0.39 is 0 Å². The molecular formula is C12H16ClN. The quantitative estimate of drug-likeness (QED) is 0.812. The Labute approximate surface area is 90.6 Å². The third-order valence-corrected chi connectivity index (χ3v) is 2.37. The van der Waals surface area contributed by atoms with Crippen LogP contribution in [-0.4, -0.2) is 6.54 Å². The summed E-state index contributed by atoms with van der Waals surface area (Å²) in [5, 5.41) is 0.781. The number of hydrogen-bond donors (Lipinski definition) is 1. The number of nitrogens with two attached hydrogens (primary N) is 1. The molecule has 0 saturated heterocycles. The van der Waals surface area contributed by atoms with Crippen LogP contribution in [0.15, 0.2) is 23.8 Å². The minimum atomic E-state index is 0.613. The molecule has 0 fully saturated rings. The third-order valence-electron chi connectivity index (χ3n) is 2.15. The molecule has 0 aliphatic rings. The molecule has 2 N–H and O–H groups in total. The summed E-state index contributed by atoms with van der Waals surface area (Å²) in [6.07, 6.45) is 3.10. The lowest BCUT2D eigenvalue weighted by molar-refractivity contribution is 1.02. The van der Waals surface area contributed by atoms with Crippen molar-refractivity contribution in [3.05, 3.63) is 39.9 Å². The first-order valence-corrected chi connectivity index (χ1v) is 5.20. The number of halogens is 1. The largest absolute Gasteiger partial charge is 0.327 e. The molecule has 0 amide bonds. The van der Waals surface area contributed by atoms with Crippen molar-refractivity contribution in [3.8, 4) is 0 Å². The van der Waals surface area contributed by atoms with Gasteiger partial charge in [0.2, 0.25) is 0 Å². The van der Waals surface area contributed by atoms with E-state index >= 15 is 0 Å². The van der Waals surface area contributed by atoms with E-state index in [0.717, 1.165) is 17.0 Å². The molecule has 1 rings (SSSR count). The summed E-state index contributed by atoms with van der Waals surface area (Å²) < 4.78 is 0. The summed E-state index contributed by atoms with van der Waals surface area (Å²) in [4.78, 5) is 0. The molecule has 0 radical (unpaired) electrons. The predicted octanol–water partition coefficient (Wildman–Crippen LogP) is 3.40. The Kier molecular flexibility index (Phi) is 4.18. The molecule has 0 aromatic heterocycles. The smallest absolute Gasteiger partial charge is 0.0414 e. The number of rotatable bonds is 3. The van der Waals surface area contributed by atoms with Crippen LogP contribution < -0.4 is 5.73 Å². The highest BCUT2D eigenvalue weighted by atomic mass is 35.5. The number of benzene rings is 1. The van der Waals surface area contributed by atoms with Crippen LogP contribution in [-0.2, 0) is 0 Å². The second-order valence-electron chi connectivity index (χ2n) is 3.42. The Balaban J connectivity index is 3.01. The van der Waals surface area contributed by atoms with Crippen LogP contribution in [0.25, 0.3) is 6.08 Å². The minimum Gasteiger partial charge on any atom is -0.327 e. The van der Waals surface area contributed by atoms with Crippen molar-refractivity contribution >= 4 is 17.7 Å². The summed E-state index contributed by atoms with van der Waals surface area (Å²) in [6.45, 7) is 4.76. The molecule has 0 bridgehead atoms. The second kappa shape index (κ2) is 5.18. The molecule has 0 aliphatic heterocycles. The van der Waals surface area contributed by atoms with Crippen LogP contribution in [0, 0.1) is 6.92 Å². The van der Waals surface area contributed by atoms with E-state index in [4.69, 9.17) is 17.3 Å². The van der Waals surface area contributed by atoms with Gasteiger partial charge in [-0.2, -0.15) is 0 Å². The van der Waals surface area contributed by atoms with Gasteiger partial charge >= 0.3 is 0 Å². The van der Waals surface area contributed by atoms with Crippen LogP contribution in [0.3, 0.4) is 0 Å². The van der Waals surface area contributed by atoms with Gasteiger partial charge in [-0.1, -0.05) is 36.2 Å². The van der Waals surface area contributed by atoms with E-state index in [-0.39, 0.29) is 0 Å². The maximum Gasteiger partial charge on any atom is 0.0414 e. The monoisotopic (exact) mass is 209 g/mol. The molecule has 0 atom stereocenters. The fraction of sp³-hybridized carbons (Fsp3) is 0.333. The van der Waals surface area contributed by atoms with Crippen molar-refractivity contribution < 1.29 is 0 Å². The summed E-state index contributed by atoms with van der Waals surface area (Å²) >= 11 is 5.96. The van der Waals surface area contributed by atoms with Crippen LogP contribution >= 0.6 is 11.6 Å². The van der Waals surface area contributed by atoms with Crippen molar-refractivity contribution in [1.82, 2.24) is 0 Å². The van der Waals surface area contributed by atoms with Crippen LogP contribution in [0.2, 0.25) is 5.02 Å². The molecule has 2 heteroatoms. The molecule has 0 saturated carbocycles. The van der Waals surface area contributed by atoms with E-state index in [1.807, 2.05) is 19.1 Å². The van der Waals surface area contributed by atoms with Gasteiger partial charge in [0, 0.05) is 11.6 Å². The van der Waals surface area contributed by atoms with Crippen molar-refractivity contribution in [2.75, 3.05) is 6.54 Å². The van der Waals surface area contributed by atoms with Crippen LogP contribution in [0.4, 0.5) is 0 Å². The van der Waals surface area contributed by atoms with Crippen molar-refractivity contribution in [2.24, 2.45) is 5.73 Å². The van der Waals surface area contributed by atoms with Gasteiger partial charge in [-0.25, -0.2) is 0 Å². The second-order valence-corrected chi connectivity index (χ2v) is 3.86. The molecule has 1 nitrogen and oxygen atoms in total. The van der Waals surface area contributed by atoms with Crippen molar-refractivity contribution in [2.45, 2.75) is 20.3 Å². The predicted molar refractivity (Wildman–Crippen MR) is 63.5 cm³/mol. The lowest BCUT2D eigenvalue weighted by Crippen LogP contribution is -2.01. The van der Waals surface area contributed by atoms with Gasteiger partial charge in [-0.3, -0.25) is 0 Å². The molecule has 0 aliphatic carbocycles. The third kappa shape index (κ3) is 3.17. The van der Waals surface area contributed by atoms with Gasteiger partial charge in [-0.05, 0) is 36.6 Å². The lowest BCUT2D eigenvalue weighted by Gasteiger charge is -2.02. The number of aryl methyl sites for hydroxylation is 1. The zero-order valence-electron chi connectivity index (χ0n) is 8.68. The zero-order chi connectivity index (χ0) is 10.6. The van der Waals surface area contributed by atoms with Crippen LogP contribution in [0.1, 0.15) is 24.5 Å². The molecule has 1 aromatic rings. The van der Waals surface area contributed by atoms with Crippen molar-refractivity contribution in [3.63, 3.8) is 0 Å². The first-order chi connectivity index (χ1) is 6.65. The summed E-state index contributed by atoms with van der Waals surface area (Å²) in [6, 6.07) is 6.02. The van der Waals surface area contributed by atoms with E-state index in [0.29, 0.717) is 6.54 Å². The van der Waals surface area contributed by atoms with E-state index in [9.17, 15) is 0 Å². The number of hydrogen-bond acceptors (Lipinski definition) is 1. The Bertz CT molecular complexity index is 316. The van der Waals surface area contributed by atoms with E-state index in [2.05, 4.69) is 19.1 Å². The van der Waals surface area contributed by atoms with Gasteiger partial charge in [0.05, 0.1) is 0 Å². The van der Waals surface area contributed by atoms with Gasteiger partial charge in [0.15, 0.2) is 0 Å². The zero-order valence-corrected chi connectivity index (χ0v) is 9.43. The topological polar surface area (TPSA) is 26.0 Å². The summed E-state index contributed by atoms with van der Waals surface area (Å²) in [7, 11) is 0. The van der Waals surface area contributed by atoms with Crippen LogP contribution in [0.5, 0.6) is 0 Å². The van der Waals surface area contributed by atoms with Crippen molar-refractivity contribution in [1.29, 1.82) is 0 Å². The lowest BCUT2D eigenvalue weighted by atomic mass is 10.1. The Morgan fingerprint density at radius 2 is 2.14 bits per heavy atom. The Hall–Kier alpha value is -0.790. The Morgan fingerprint density at radius 3 is 2.64 bits per heavy atom. The fourth-order valence-electron chi connectivity index (χ4n) is 1.39. The first kappa shape index (κ1) is 11.3. The summed E-state index contributed by atoms with van der Waals surface area (Å²) in [5.74, 6) is 0. The maximum atomic E-state index is 5.96. The standard InChI is InChI=1S/C12H16ClN/c1-3-10(8-14)6-11-4-9(2)5-12(13)7-11/h4-7H,3,8,14H2,1-2H3/b10-6-. The van der Waals surface area contributed by atoms with E-state index in [1.54, 1.807) is 0 Å². The molecule has 0 spiro atoms. The Morgan fingerprint density at radius 1 is 1.43 bits per heavy atom. The van der Waals surface area contributed by atoms with E-state index in [1.165, 1.54) is 11.1 Å². The van der Waals surface area contributed by atoms with Gasteiger partial charge < -0.3 is 5.73 Å². The molecule has 0 heterocycles. The fourth-order valence-corrected chi connectivity index (χ4v) is 1.69. The molecule has 0 unspecified atom stereocenters. The van der Waals surface area contributed by atoms with Gasteiger partial charge in [0.25, 0.3) is 0 Å². The average Bonchev–Trinajstić information content (AvgIpc) is 2.12.